The summed E-state index contributed by atoms with van der Waals surface area (Å²) in [5.41, 5.74) is 1.000. The zero-order valence-corrected chi connectivity index (χ0v) is 13.6. The molecule has 0 saturated carbocycles. The fourth-order valence-electron chi connectivity index (χ4n) is 2.70. The van der Waals surface area contributed by atoms with E-state index >= 15 is 0 Å². The average Bonchev–Trinajstić information content (AvgIpc) is 3.01. The third-order valence-corrected chi connectivity index (χ3v) is 4.46. The van der Waals surface area contributed by atoms with Gasteiger partial charge in [0.1, 0.15) is 11.5 Å². The molecule has 1 fully saturated rings. The maximum Gasteiger partial charge on any atom is 0.161 e. The second kappa shape index (κ2) is 6.22. The van der Waals surface area contributed by atoms with Crippen molar-refractivity contribution >= 4 is 26.7 Å². The van der Waals surface area contributed by atoms with Gasteiger partial charge in [-0.1, -0.05) is 24.3 Å². The number of ether oxygens (including phenoxy) is 4. The molecule has 3 rings (SSSR count). The highest BCUT2D eigenvalue weighted by Crippen LogP contribution is 2.44. The zero-order chi connectivity index (χ0) is 14.8. The third kappa shape index (κ3) is 2.61. The molecule has 0 spiro atoms. The highest BCUT2D eigenvalue weighted by Gasteiger charge is 2.24. The SMILES string of the molecule is COc1c(Br)c(CC2OCCO2)c(OC)c2ccccc12. The first-order chi connectivity index (χ1) is 10.3. The van der Waals surface area contributed by atoms with Crippen molar-refractivity contribution in [3.05, 3.63) is 34.3 Å². The van der Waals surface area contributed by atoms with Crippen LogP contribution in [0.3, 0.4) is 0 Å². The first-order valence-electron chi connectivity index (χ1n) is 6.80. The Morgan fingerprint density at radius 2 is 1.62 bits per heavy atom. The van der Waals surface area contributed by atoms with E-state index in [-0.39, 0.29) is 6.29 Å². The fraction of sp³-hybridized carbons (Fsp3) is 0.375. The van der Waals surface area contributed by atoms with Crippen LogP contribution in [0.1, 0.15) is 5.56 Å². The lowest BCUT2D eigenvalue weighted by Gasteiger charge is -2.19. The maximum absolute atomic E-state index is 5.65. The summed E-state index contributed by atoms with van der Waals surface area (Å²) >= 11 is 3.65. The lowest BCUT2D eigenvalue weighted by molar-refractivity contribution is -0.0403. The van der Waals surface area contributed by atoms with Crippen LogP contribution in [0.15, 0.2) is 28.7 Å². The molecular weight excluding hydrogens is 336 g/mol. The van der Waals surface area contributed by atoms with Gasteiger partial charge in [0.05, 0.1) is 31.9 Å². The van der Waals surface area contributed by atoms with Gasteiger partial charge in [0.25, 0.3) is 0 Å². The predicted molar refractivity (Wildman–Crippen MR) is 84.1 cm³/mol. The number of halogens is 1. The van der Waals surface area contributed by atoms with Crippen molar-refractivity contribution in [3.63, 3.8) is 0 Å². The average molecular weight is 353 g/mol. The first kappa shape index (κ1) is 14.6. The second-order valence-corrected chi connectivity index (χ2v) is 5.57. The van der Waals surface area contributed by atoms with E-state index in [1.54, 1.807) is 14.2 Å². The van der Waals surface area contributed by atoms with Gasteiger partial charge in [-0.2, -0.15) is 0 Å². The molecule has 0 bridgehead atoms. The molecule has 0 aliphatic carbocycles. The van der Waals surface area contributed by atoms with E-state index in [4.69, 9.17) is 18.9 Å². The van der Waals surface area contributed by atoms with E-state index in [9.17, 15) is 0 Å². The third-order valence-electron chi connectivity index (χ3n) is 3.62. The van der Waals surface area contributed by atoms with E-state index in [1.165, 1.54) is 0 Å². The molecule has 2 aromatic rings. The molecule has 0 unspecified atom stereocenters. The lowest BCUT2D eigenvalue weighted by Crippen LogP contribution is -2.13. The number of hydrogen-bond donors (Lipinski definition) is 0. The Morgan fingerprint density at radius 1 is 1.05 bits per heavy atom. The van der Waals surface area contributed by atoms with E-state index in [0.717, 1.165) is 32.3 Å². The van der Waals surface area contributed by atoms with Gasteiger partial charge in [0.2, 0.25) is 0 Å². The van der Waals surface area contributed by atoms with Gasteiger partial charge in [0, 0.05) is 22.8 Å². The smallest absolute Gasteiger partial charge is 0.161 e. The van der Waals surface area contributed by atoms with Crippen molar-refractivity contribution in [2.45, 2.75) is 12.7 Å². The van der Waals surface area contributed by atoms with E-state index in [2.05, 4.69) is 15.9 Å². The van der Waals surface area contributed by atoms with Crippen LogP contribution in [0, 0.1) is 0 Å². The van der Waals surface area contributed by atoms with Gasteiger partial charge in [-0.25, -0.2) is 0 Å². The molecule has 0 N–H and O–H groups in total. The van der Waals surface area contributed by atoms with Crippen LogP contribution >= 0.6 is 15.9 Å². The molecule has 1 aliphatic rings. The van der Waals surface area contributed by atoms with Crippen molar-refractivity contribution in [2.75, 3.05) is 27.4 Å². The monoisotopic (exact) mass is 352 g/mol. The van der Waals surface area contributed by atoms with Crippen molar-refractivity contribution in [2.24, 2.45) is 0 Å². The minimum Gasteiger partial charge on any atom is -0.496 e. The van der Waals surface area contributed by atoms with Gasteiger partial charge >= 0.3 is 0 Å². The molecule has 0 radical (unpaired) electrons. The number of benzene rings is 2. The Labute approximate surface area is 132 Å². The van der Waals surface area contributed by atoms with Gasteiger partial charge in [0.15, 0.2) is 6.29 Å². The fourth-order valence-corrected chi connectivity index (χ4v) is 3.42. The predicted octanol–water partition coefficient (Wildman–Crippen LogP) is 3.53. The van der Waals surface area contributed by atoms with Crippen molar-refractivity contribution < 1.29 is 18.9 Å². The van der Waals surface area contributed by atoms with Crippen LogP contribution in [0.2, 0.25) is 0 Å². The van der Waals surface area contributed by atoms with Crippen LogP contribution < -0.4 is 9.47 Å². The van der Waals surface area contributed by atoms with Crippen molar-refractivity contribution in [1.82, 2.24) is 0 Å². The Hall–Kier alpha value is -1.30. The standard InChI is InChI=1S/C16H17BrO4/c1-18-15-10-5-3-4-6-11(10)16(19-2)14(17)12(15)9-13-20-7-8-21-13/h3-6,13H,7-9H2,1-2H3. The largest absolute Gasteiger partial charge is 0.496 e. The first-order valence-corrected chi connectivity index (χ1v) is 7.59. The highest BCUT2D eigenvalue weighted by atomic mass is 79.9. The van der Waals surface area contributed by atoms with Crippen molar-refractivity contribution in [3.8, 4) is 11.5 Å². The summed E-state index contributed by atoms with van der Waals surface area (Å²) in [6.45, 7) is 1.27. The number of fused-ring (bicyclic) bond motifs is 1. The molecule has 21 heavy (non-hydrogen) atoms. The summed E-state index contributed by atoms with van der Waals surface area (Å²) in [6.07, 6.45) is 0.381. The molecule has 112 valence electrons. The van der Waals surface area contributed by atoms with E-state index < -0.39 is 0 Å². The highest BCUT2D eigenvalue weighted by molar-refractivity contribution is 9.10. The molecular formula is C16H17BrO4. The lowest BCUT2D eigenvalue weighted by atomic mass is 10.0. The number of rotatable bonds is 4. The van der Waals surface area contributed by atoms with Crippen LogP contribution in [0.5, 0.6) is 11.5 Å². The molecule has 4 nitrogen and oxygen atoms in total. The second-order valence-electron chi connectivity index (χ2n) is 4.78. The Bertz CT molecular complexity index is 650. The van der Waals surface area contributed by atoms with Gasteiger partial charge in [-0.05, 0) is 15.9 Å². The van der Waals surface area contributed by atoms with E-state index in [0.29, 0.717) is 19.6 Å². The number of hydrogen-bond acceptors (Lipinski definition) is 4. The van der Waals surface area contributed by atoms with E-state index in [1.807, 2.05) is 24.3 Å². The Balaban J connectivity index is 2.18. The summed E-state index contributed by atoms with van der Waals surface area (Å²) in [7, 11) is 3.35. The van der Waals surface area contributed by atoms with Crippen LogP contribution in [0.25, 0.3) is 10.8 Å². The summed E-state index contributed by atoms with van der Waals surface area (Å²) in [5, 5.41) is 2.04. The molecule has 0 aromatic heterocycles. The molecule has 1 heterocycles. The summed E-state index contributed by atoms with van der Waals surface area (Å²) in [6, 6.07) is 8.03. The normalized spacial score (nSPS) is 15.6. The van der Waals surface area contributed by atoms with Gasteiger partial charge in [-0.15, -0.1) is 0 Å². The van der Waals surface area contributed by atoms with Gasteiger partial charge < -0.3 is 18.9 Å². The summed E-state index contributed by atoms with van der Waals surface area (Å²) in [4.78, 5) is 0. The van der Waals surface area contributed by atoms with Gasteiger partial charge in [-0.3, -0.25) is 0 Å². The minimum atomic E-state index is -0.235. The summed E-state index contributed by atoms with van der Waals surface area (Å²) < 4.78 is 23.2. The molecule has 0 atom stereocenters. The van der Waals surface area contributed by atoms with Crippen molar-refractivity contribution in [1.29, 1.82) is 0 Å². The van der Waals surface area contributed by atoms with Crippen LogP contribution in [-0.4, -0.2) is 33.7 Å². The molecule has 1 aliphatic heterocycles. The maximum atomic E-state index is 5.65. The number of methoxy groups -OCH3 is 2. The molecule has 1 saturated heterocycles. The Morgan fingerprint density at radius 3 is 2.19 bits per heavy atom. The minimum absolute atomic E-state index is 0.235. The zero-order valence-electron chi connectivity index (χ0n) is 12.0. The quantitative estimate of drug-likeness (QED) is 0.843. The molecule has 2 aromatic carbocycles. The molecule has 5 heteroatoms. The Kier molecular flexibility index (Phi) is 4.33. The summed E-state index contributed by atoms with van der Waals surface area (Å²) in [5.74, 6) is 1.64. The topological polar surface area (TPSA) is 36.9 Å². The molecule has 0 amide bonds. The van der Waals surface area contributed by atoms with Crippen LogP contribution in [0.4, 0.5) is 0 Å². The van der Waals surface area contributed by atoms with Crippen LogP contribution in [-0.2, 0) is 15.9 Å².